The summed E-state index contributed by atoms with van der Waals surface area (Å²) < 4.78 is 0. The lowest BCUT2D eigenvalue weighted by atomic mass is 10.2. The zero-order valence-corrected chi connectivity index (χ0v) is 11.4. The van der Waals surface area contributed by atoms with E-state index in [1.54, 1.807) is 4.90 Å². The highest BCUT2D eigenvalue weighted by Crippen LogP contribution is 2.24. The van der Waals surface area contributed by atoms with E-state index in [1.807, 2.05) is 24.3 Å². The molecule has 2 aliphatic rings. The minimum absolute atomic E-state index is 0.00685. The molecular formula is C15H19N3O2. The van der Waals surface area contributed by atoms with Gasteiger partial charge in [0.15, 0.2) is 0 Å². The van der Waals surface area contributed by atoms with Gasteiger partial charge in [0.2, 0.25) is 11.8 Å². The number of nitrogens with one attached hydrogen (secondary N) is 2. The van der Waals surface area contributed by atoms with E-state index in [9.17, 15) is 9.59 Å². The Labute approximate surface area is 118 Å². The summed E-state index contributed by atoms with van der Waals surface area (Å²) in [5, 5.41) is 6.10. The predicted octanol–water partition coefficient (Wildman–Crippen LogP) is 1.50. The minimum atomic E-state index is -0.0907. The lowest BCUT2D eigenvalue weighted by Crippen LogP contribution is -2.35. The van der Waals surface area contributed by atoms with Crippen LogP contribution >= 0.6 is 0 Å². The number of benzene rings is 1. The fraction of sp³-hybridized carbons (Fsp3) is 0.467. The Bertz CT molecular complexity index is 524. The zero-order valence-electron chi connectivity index (χ0n) is 11.4. The van der Waals surface area contributed by atoms with Gasteiger partial charge in [0.05, 0.1) is 6.04 Å². The van der Waals surface area contributed by atoms with Crippen molar-refractivity contribution in [3.8, 4) is 0 Å². The molecule has 0 radical (unpaired) electrons. The quantitative estimate of drug-likeness (QED) is 0.877. The summed E-state index contributed by atoms with van der Waals surface area (Å²) in [5.74, 6) is 0.165. The molecule has 2 amide bonds. The van der Waals surface area contributed by atoms with Crippen LogP contribution in [0.2, 0.25) is 0 Å². The maximum Gasteiger partial charge on any atom is 0.241 e. The van der Waals surface area contributed by atoms with Crippen LogP contribution in [0.5, 0.6) is 0 Å². The van der Waals surface area contributed by atoms with Crippen LogP contribution in [-0.4, -0.2) is 30.9 Å². The molecule has 0 spiro atoms. The lowest BCUT2D eigenvalue weighted by molar-refractivity contribution is -0.118. The van der Waals surface area contributed by atoms with Crippen LogP contribution < -0.4 is 15.5 Å². The number of rotatable bonds is 3. The molecule has 1 aromatic rings. The maximum absolute atomic E-state index is 12.1. The number of carbonyl (C=O) groups is 2. The van der Waals surface area contributed by atoms with E-state index in [4.69, 9.17) is 0 Å². The third-order valence-corrected chi connectivity index (χ3v) is 3.88. The molecule has 2 saturated heterocycles. The Morgan fingerprint density at radius 1 is 1.35 bits per heavy atom. The van der Waals surface area contributed by atoms with Crippen molar-refractivity contribution < 1.29 is 9.59 Å². The summed E-state index contributed by atoms with van der Waals surface area (Å²) >= 11 is 0. The number of hydrogen-bond donors (Lipinski definition) is 2. The molecule has 3 rings (SSSR count). The van der Waals surface area contributed by atoms with Crippen LogP contribution in [0.3, 0.4) is 0 Å². The SMILES string of the molecule is O=C(Nc1cccc(N2CCCC2=O)c1)C1CCCN1. The van der Waals surface area contributed by atoms with Crippen molar-refractivity contribution in [3.05, 3.63) is 24.3 Å². The van der Waals surface area contributed by atoms with Gasteiger partial charge in [0.25, 0.3) is 0 Å². The number of nitrogens with zero attached hydrogens (tertiary/aromatic N) is 1. The minimum Gasteiger partial charge on any atom is -0.325 e. The second kappa shape index (κ2) is 5.63. The van der Waals surface area contributed by atoms with Crippen LogP contribution in [0.4, 0.5) is 11.4 Å². The number of hydrogen-bond acceptors (Lipinski definition) is 3. The van der Waals surface area contributed by atoms with Gasteiger partial charge in [-0.25, -0.2) is 0 Å². The highest BCUT2D eigenvalue weighted by atomic mass is 16.2. The molecule has 0 aromatic heterocycles. The zero-order chi connectivity index (χ0) is 13.9. The Kier molecular flexibility index (Phi) is 3.69. The Hall–Kier alpha value is -1.88. The molecule has 1 atom stereocenters. The highest BCUT2D eigenvalue weighted by Gasteiger charge is 2.23. The normalized spacial score (nSPS) is 22.3. The van der Waals surface area contributed by atoms with E-state index in [0.29, 0.717) is 6.42 Å². The fourth-order valence-electron chi connectivity index (χ4n) is 2.81. The first-order chi connectivity index (χ1) is 9.74. The maximum atomic E-state index is 12.1. The van der Waals surface area contributed by atoms with Crippen molar-refractivity contribution in [1.82, 2.24) is 5.32 Å². The molecule has 5 heteroatoms. The van der Waals surface area contributed by atoms with E-state index in [1.165, 1.54) is 0 Å². The molecular weight excluding hydrogens is 254 g/mol. The second-order valence-corrected chi connectivity index (χ2v) is 5.34. The van der Waals surface area contributed by atoms with E-state index in [2.05, 4.69) is 10.6 Å². The standard InChI is InChI=1S/C15H19N3O2/c19-14-7-3-9-18(14)12-5-1-4-11(10-12)17-15(20)13-6-2-8-16-13/h1,4-5,10,13,16H,2-3,6-9H2,(H,17,20). The van der Waals surface area contributed by atoms with Crippen LogP contribution in [0.1, 0.15) is 25.7 Å². The van der Waals surface area contributed by atoms with Crippen molar-refractivity contribution in [2.75, 3.05) is 23.3 Å². The van der Waals surface area contributed by atoms with Gasteiger partial charge in [-0.05, 0) is 44.0 Å². The summed E-state index contributed by atoms with van der Waals surface area (Å²) in [4.78, 5) is 25.6. The van der Waals surface area contributed by atoms with Crippen LogP contribution in [0.15, 0.2) is 24.3 Å². The van der Waals surface area contributed by atoms with E-state index in [-0.39, 0.29) is 17.9 Å². The fourth-order valence-corrected chi connectivity index (χ4v) is 2.81. The number of carbonyl (C=O) groups excluding carboxylic acids is 2. The number of anilines is 2. The van der Waals surface area contributed by atoms with Gasteiger partial charge in [-0.15, -0.1) is 0 Å². The van der Waals surface area contributed by atoms with Crippen molar-refractivity contribution in [2.45, 2.75) is 31.7 Å². The second-order valence-electron chi connectivity index (χ2n) is 5.34. The predicted molar refractivity (Wildman–Crippen MR) is 77.7 cm³/mol. The van der Waals surface area contributed by atoms with Gasteiger partial charge in [-0.3, -0.25) is 9.59 Å². The third-order valence-electron chi connectivity index (χ3n) is 3.88. The lowest BCUT2D eigenvalue weighted by Gasteiger charge is -2.17. The van der Waals surface area contributed by atoms with Gasteiger partial charge in [-0.1, -0.05) is 6.07 Å². The topological polar surface area (TPSA) is 61.4 Å². The van der Waals surface area contributed by atoms with Gasteiger partial charge in [0, 0.05) is 24.3 Å². The van der Waals surface area contributed by atoms with Crippen molar-refractivity contribution >= 4 is 23.2 Å². The first-order valence-corrected chi connectivity index (χ1v) is 7.19. The molecule has 5 nitrogen and oxygen atoms in total. The summed E-state index contributed by atoms with van der Waals surface area (Å²) in [6.07, 6.45) is 3.44. The van der Waals surface area contributed by atoms with Crippen molar-refractivity contribution in [2.24, 2.45) is 0 Å². The summed E-state index contributed by atoms with van der Waals surface area (Å²) in [7, 11) is 0. The summed E-state index contributed by atoms with van der Waals surface area (Å²) in [6, 6.07) is 7.42. The molecule has 0 aliphatic carbocycles. The van der Waals surface area contributed by atoms with Gasteiger partial charge >= 0.3 is 0 Å². The average Bonchev–Trinajstić information content (AvgIpc) is 3.10. The Morgan fingerprint density at radius 2 is 2.25 bits per heavy atom. The van der Waals surface area contributed by atoms with Crippen molar-refractivity contribution in [3.63, 3.8) is 0 Å². The summed E-state index contributed by atoms with van der Waals surface area (Å²) in [5.41, 5.74) is 1.62. The average molecular weight is 273 g/mol. The number of amides is 2. The molecule has 1 aromatic carbocycles. The molecule has 2 fully saturated rings. The summed E-state index contributed by atoms with van der Waals surface area (Å²) in [6.45, 7) is 1.67. The Morgan fingerprint density at radius 3 is 2.95 bits per heavy atom. The molecule has 20 heavy (non-hydrogen) atoms. The van der Waals surface area contributed by atoms with Crippen molar-refractivity contribution in [1.29, 1.82) is 0 Å². The van der Waals surface area contributed by atoms with Gasteiger partial charge in [0.1, 0.15) is 0 Å². The monoisotopic (exact) mass is 273 g/mol. The third kappa shape index (κ3) is 2.67. The largest absolute Gasteiger partial charge is 0.325 e. The van der Waals surface area contributed by atoms with Crippen LogP contribution in [0, 0.1) is 0 Å². The van der Waals surface area contributed by atoms with Gasteiger partial charge in [-0.2, -0.15) is 0 Å². The molecule has 1 unspecified atom stereocenters. The highest BCUT2D eigenvalue weighted by molar-refractivity contribution is 5.98. The molecule has 106 valence electrons. The van der Waals surface area contributed by atoms with Gasteiger partial charge < -0.3 is 15.5 Å². The van der Waals surface area contributed by atoms with E-state index in [0.717, 1.165) is 43.7 Å². The first-order valence-electron chi connectivity index (χ1n) is 7.19. The molecule has 2 heterocycles. The van der Waals surface area contributed by atoms with E-state index >= 15 is 0 Å². The van der Waals surface area contributed by atoms with Crippen LogP contribution in [-0.2, 0) is 9.59 Å². The first kappa shape index (κ1) is 13.1. The molecule has 0 saturated carbocycles. The Balaban J connectivity index is 1.70. The molecule has 2 aliphatic heterocycles. The molecule has 2 N–H and O–H groups in total. The van der Waals surface area contributed by atoms with Crippen LogP contribution in [0.25, 0.3) is 0 Å². The smallest absolute Gasteiger partial charge is 0.241 e. The van der Waals surface area contributed by atoms with E-state index < -0.39 is 0 Å². The molecule has 0 bridgehead atoms.